The largest absolute Gasteiger partial charge is 0.398 e. The maximum atomic E-state index is 13.2. The third-order valence-corrected chi connectivity index (χ3v) is 4.11. The van der Waals surface area contributed by atoms with Gasteiger partial charge >= 0.3 is 0 Å². The first-order valence-corrected chi connectivity index (χ1v) is 6.59. The van der Waals surface area contributed by atoms with E-state index in [2.05, 4.69) is 0 Å². The number of benzene rings is 1. The van der Waals surface area contributed by atoms with E-state index in [1.807, 2.05) is 29.5 Å². The number of anilines is 1. The van der Waals surface area contributed by atoms with Gasteiger partial charge in [0.1, 0.15) is 5.82 Å². The maximum absolute atomic E-state index is 13.2. The highest BCUT2D eigenvalue weighted by Crippen LogP contribution is 2.29. The molecule has 0 amide bonds. The Labute approximate surface area is 107 Å². The van der Waals surface area contributed by atoms with Crippen LogP contribution < -0.4 is 5.73 Å². The van der Waals surface area contributed by atoms with Crippen LogP contribution in [0.15, 0.2) is 17.0 Å². The zero-order valence-electron chi connectivity index (χ0n) is 8.34. The molecule has 2 nitrogen and oxygen atoms in total. The number of halogens is 2. The summed E-state index contributed by atoms with van der Waals surface area (Å²) < 4.78 is 13.8. The van der Waals surface area contributed by atoms with E-state index in [1.54, 1.807) is 6.07 Å². The van der Waals surface area contributed by atoms with Gasteiger partial charge in [-0.2, -0.15) is 0 Å². The standard InChI is InChI=1S/C10H13FINOS/c1-6(4-14)5-15-10-2-7(11)8(12)3-9(10)13/h2-3,6,14H,4-5,13H2,1H3. The van der Waals surface area contributed by atoms with Crippen LogP contribution in [-0.2, 0) is 0 Å². The minimum Gasteiger partial charge on any atom is -0.398 e. The first-order valence-electron chi connectivity index (χ1n) is 4.52. The summed E-state index contributed by atoms with van der Waals surface area (Å²) in [5.74, 6) is 0.682. The van der Waals surface area contributed by atoms with Crippen LogP contribution in [0.3, 0.4) is 0 Å². The topological polar surface area (TPSA) is 46.2 Å². The van der Waals surface area contributed by atoms with Gasteiger partial charge in [0.05, 0.1) is 3.57 Å². The van der Waals surface area contributed by atoms with Gasteiger partial charge < -0.3 is 10.8 Å². The number of aliphatic hydroxyl groups is 1. The predicted molar refractivity (Wildman–Crippen MR) is 70.5 cm³/mol. The fourth-order valence-electron chi connectivity index (χ4n) is 0.954. The van der Waals surface area contributed by atoms with Gasteiger partial charge in [-0.3, -0.25) is 0 Å². The second-order valence-electron chi connectivity index (χ2n) is 3.40. The molecule has 0 bridgehead atoms. The molecule has 0 fully saturated rings. The van der Waals surface area contributed by atoms with Crippen molar-refractivity contribution in [1.82, 2.24) is 0 Å². The summed E-state index contributed by atoms with van der Waals surface area (Å²) in [4.78, 5) is 0.744. The molecule has 0 radical (unpaired) electrons. The second kappa shape index (κ2) is 5.91. The summed E-state index contributed by atoms with van der Waals surface area (Å²) in [5.41, 5.74) is 6.36. The summed E-state index contributed by atoms with van der Waals surface area (Å²) in [7, 11) is 0. The van der Waals surface area contributed by atoms with Crippen molar-refractivity contribution < 1.29 is 9.50 Å². The maximum Gasteiger partial charge on any atom is 0.137 e. The zero-order valence-corrected chi connectivity index (χ0v) is 11.3. The highest BCUT2D eigenvalue weighted by atomic mass is 127. The van der Waals surface area contributed by atoms with Crippen molar-refractivity contribution in [3.63, 3.8) is 0 Å². The third kappa shape index (κ3) is 3.81. The van der Waals surface area contributed by atoms with Crippen molar-refractivity contribution in [3.05, 3.63) is 21.5 Å². The van der Waals surface area contributed by atoms with Crippen LogP contribution in [0.4, 0.5) is 10.1 Å². The smallest absolute Gasteiger partial charge is 0.137 e. The first kappa shape index (κ1) is 13.1. The van der Waals surface area contributed by atoms with Crippen molar-refractivity contribution in [1.29, 1.82) is 0 Å². The quantitative estimate of drug-likeness (QED) is 0.503. The number of nitrogen functional groups attached to an aromatic ring is 1. The van der Waals surface area contributed by atoms with Crippen LogP contribution in [0.2, 0.25) is 0 Å². The van der Waals surface area contributed by atoms with Crippen LogP contribution in [0.25, 0.3) is 0 Å². The lowest BCUT2D eigenvalue weighted by Gasteiger charge is -2.09. The van der Waals surface area contributed by atoms with Gasteiger partial charge in [-0.1, -0.05) is 6.92 Å². The first-order chi connectivity index (χ1) is 7.04. The Morgan fingerprint density at radius 2 is 2.27 bits per heavy atom. The molecule has 1 unspecified atom stereocenters. The van der Waals surface area contributed by atoms with Crippen molar-refractivity contribution in [2.45, 2.75) is 11.8 Å². The van der Waals surface area contributed by atoms with Gasteiger partial charge in [0.2, 0.25) is 0 Å². The molecule has 5 heteroatoms. The minimum atomic E-state index is -0.246. The lowest BCUT2D eigenvalue weighted by Crippen LogP contribution is -2.04. The molecule has 15 heavy (non-hydrogen) atoms. The summed E-state index contributed by atoms with van der Waals surface area (Å²) in [6.07, 6.45) is 0. The van der Waals surface area contributed by atoms with Crippen LogP contribution in [-0.4, -0.2) is 17.5 Å². The molecule has 0 aliphatic rings. The molecule has 0 aromatic heterocycles. The lowest BCUT2D eigenvalue weighted by atomic mass is 10.2. The van der Waals surface area contributed by atoms with Gasteiger partial charge in [0, 0.05) is 22.9 Å². The van der Waals surface area contributed by atoms with E-state index in [4.69, 9.17) is 10.8 Å². The van der Waals surface area contributed by atoms with E-state index >= 15 is 0 Å². The Morgan fingerprint density at radius 1 is 1.60 bits per heavy atom. The minimum absolute atomic E-state index is 0.139. The Balaban J connectivity index is 2.73. The number of thioether (sulfide) groups is 1. The summed E-state index contributed by atoms with van der Waals surface area (Å²) in [6, 6.07) is 3.08. The van der Waals surface area contributed by atoms with E-state index in [0.29, 0.717) is 9.26 Å². The van der Waals surface area contributed by atoms with Gasteiger partial charge in [-0.05, 0) is 40.6 Å². The van der Waals surface area contributed by atoms with Gasteiger partial charge in [-0.15, -0.1) is 11.8 Å². The van der Waals surface area contributed by atoms with Crippen LogP contribution in [0.5, 0.6) is 0 Å². The van der Waals surface area contributed by atoms with Crippen molar-refractivity contribution >= 4 is 40.0 Å². The van der Waals surface area contributed by atoms with E-state index in [-0.39, 0.29) is 18.3 Å². The number of nitrogens with two attached hydrogens (primary N) is 1. The van der Waals surface area contributed by atoms with Gasteiger partial charge in [0.25, 0.3) is 0 Å². The van der Waals surface area contributed by atoms with Gasteiger partial charge in [-0.25, -0.2) is 4.39 Å². The Morgan fingerprint density at radius 3 is 2.87 bits per heavy atom. The SMILES string of the molecule is CC(CO)CSc1cc(F)c(I)cc1N. The number of hydrogen-bond donors (Lipinski definition) is 2. The second-order valence-corrected chi connectivity index (χ2v) is 5.63. The Kier molecular flexibility index (Phi) is 5.14. The number of aliphatic hydroxyl groups excluding tert-OH is 1. The summed E-state index contributed by atoms with van der Waals surface area (Å²) in [6.45, 7) is 2.08. The molecule has 0 aliphatic carbocycles. The highest BCUT2D eigenvalue weighted by molar-refractivity contribution is 14.1. The lowest BCUT2D eigenvalue weighted by molar-refractivity contribution is 0.250. The molecule has 0 spiro atoms. The van der Waals surface area contributed by atoms with Crippen LogP contribution >= 0.6 is 34.4 Å². The number of hydrogen-bond acceptors (Lipinski definition) is 3. The molecule has 1 aromatic carbocycles. The molecule has 0 heterocycles. The molecule has 0 saturated carbocycles. The van der Waals surface area contributed by atoms with Gasteiger partial charge in [0.15, 0.2) is 0 Å². The fourth-order valence-corrected chi connectivity index (χ4v) is 2.43. The average molecular weight is 341 g/mol. The summed E-state index contributed by atoms with van der Waals surface area (Å²) in [5, 5.41) is 8.86. The molecule has 84 valence electrons. The molecular formula is C10H13FINOS. The monoisotopic (exact) mass is 341 g/mol. The van der Waals surface area contributed by atoms with E-state index < -0.39 is 0 Å². The van der Waals surface area contributed by atoms with E-state index in [1.165, 1.54) is 17.8 Å². The third-order valence-electron chi connectivity index (χ3n) is 1.89. The molecule has 1 atom stereocenters. The average Bonchev–Trinajstić information content (AvgIpc) is 2.21. The fraction of sp³-hybridized carbons (Fsp3) is 0.400. The molecule has 3 N–H and O–H groups in total. The van der Waals surface area contributed by atoms with Crippen molar-refractivity contribution in [2.75, 3.05) is 18.1 Å². The molecular weight excluding hydrogens is 328 g/mol. The Bertz CT molecular complexity index is 348. The van der Waals surface area contributed by atoms with E-state index in [9.17, 15) is 4.39 Å². The number of rotatable bonds is 4. The molecule has 1 aromatic rings. The van der Waals surface area contributed by atoms with Crippen LogP contribution in [0.1, 0.15) is 6.92 Å². The Hall–Kier alpha value is -0.0100. The molecule has 0 aliphatic heterocycles. The van der Waals surface area contributed by atoms with Crippen molar-refractivity contribution in [2.24, 2.45) is 5.92 Å². The molecule has 1 rings (SSSR count). The van der Waals surface area contributed by atoms with Crippen molar-refractivity contribution in [3.8, 4) is 0 Å². The predicted octanol–water partition coefficient (Wildman–Crippen LogP) is 2.73. The zero-order chi connectivity index (χ0) is 11.4. The molecule has 0 saturated heterocycles. The normalized spacial score (nSPS) is 12.8. The van der Waals surface area contributed by atoms with E-state index in [0.717, 1.165) is 10.6 Å². The van der Waals surface area contributed by atoms with Crippen LogP contribution in [0, 0.1) is 15.3 Å². The summed E-state index contributed by atoms with van der Waals surface area (Å²) >= 11 is 3.39. The highest BCUT2D eigenvalue weighted by Gasteiger charge is 2.08.